The first-order valence-corrected chi connectivity index (χ1v) is 6.62. The van der Waals surface area contributed by atoms with E-state index < -0.39 is 11.7 Å². The van der Waals surface area contributed by atoms with Crippen molar-refractivity contribution in [1.29, 1.82) is 0 Å². The number of hydrazone groups is 1. The molecule has 4 nitrogen and oxygen atoms in total. The molecule has 6 heteroatoms. The zero-order valence-corrected chi connectivity index (χ0v) is 12.5. The van der Waals surface area contributed by atoms with Crippen molar-refractivity contribution in [3.8, 4) is 0 Å². The SMILES string of the molecule is Cc1cc(C(=O)N/N=C/c2cc(Br)ccc2F)c(C)o1. The molecule has 0 saturated carbocycles. The first-order chi connectivity index (χ1) is 9.47. The van der Waals surface area contributed by atoms with Gasteiger partial charge in [-0.1, -0.05) is 15.9 Å². The number of nitrogens with zero attached hydrogens (tertiary/aromatic N) is 1. The van der Waals surface area contributed by atoms with Crippen LogP contribution in [-0.4, -0.2) is 12.1 Å². The van der Waals surface area contributed by atoms with Gasteiger partial charge in [0.25, 0.3) is 5.91 Å². The van der Waals surface area contributed by atoms with Crippen LogP contribution in [-0.2, 0) is 0 Å². The Hall–Kier alpha value is -1.95. The van der Waals surface area contributed by atoms with E-state index in [4.69, 9.17) is 4.42 Å². The van der Waals surface area contributed by atoms with Gasteiger partial charge in [-0.3, -0.25) is 4.79 Å². The Labute approximate surface area is 123 Å². The van der Waals surface area contributed by atoms with E-state index >= 15 is 0 Å². The molecule has 1 amide bonds. The van der Waals surface area contributed by atoms with Crippen molar-refractivity contribution in [2.45, 2.75) is 13.8 Å². The van der Waals surface area contributed by atoms with E-state index in [-0.39, 0.29) is 5.56 Å². The van der Waals surface area contributed by atoms with E-state index in [1.54, 1.807) is 32.0 Å². The lowest BCUT2D eigenvalue weighted by molar-refractivity contribution is 0.0953. The zero-order valence-electron chi connectivity index (χ0n) is 10.9. The summed E-state index contributed by atoms with van der Waals surface area (Å²) in [5.74, 6) is 0.353. The van der Waals surface area contributed by atoms with Crippen molar-refractivity contribution in [3.63, 3.8) is 0 Å². The quantitative estimate of drug-likeness (QED) is 0.687. The number of carbonyl (C=O) groups excluding carboxylic acids is 1. The molecule has 1 aromatic carbocycles. The predicted molar refractivity (Wildman–Crippen MR) is 77.3 cm³/mol. The number of aryl methyl sites for hydroxylation is 2. The molecule has 0 spiro atoms. The lowest BCUT2D eigenvalue weighted by Gasteiger charge is -1.99. The first kappa shape index (κ1) is 14.5. The van der Waals surface area contributed by atoms with Crippen molar-refractivity contribution < 1.29 is 13.6 Å². The molecule has 1 aromatic heterocycles. The molecule has 0 atom stereocenters. The Kier molecular flexibility index (Phi) is 4.34. The van der Waals surface area contributed by atoms with Gasteiger partial charge in [-0.25, -0.2) is 9.82 Å². The number of halogens is 2. The Morgan fingerprint density at radius 3 is 2.80 bits per heavy atom. The molecule has 1 N–H and O–H groups in total. The molecule has 20 heavy (non-hydrogen) atoms. The summed E-state index contributed by atoms with van der Waals surface area (Å²) in [7, 11) is 0. The molecule has 2 rings (SSSR count). The van der Waals surface area contributed by atoms with Crippen LogP contribution in [0.3, 0.4) is 0 Å². The van der Waals surface area contributed by atoms with Crippen molar-refractivity contribution >= 4 is 28.1 Å². The molecular weight excluding hydrogens is 327 g/mol. The van der Waals surface area contributed by atoms with Crippen LogP contribution in [0.25, 0.3) is 0 Å². The lowest BCUT2D eigenvalue weighted by Crippen LogP contribution is -2.17. The van der Waals surface area contributed by atoms with E-state index in [1.807, 2.05) is 0 Å². The van der Waals surface area contributed by atoms with Crippen molar-refractivity contribution in [3.05, 3.63) is 57.2 Å². The number of nitrogens with one attached hydrogen (secondary N) is 1. The van der Waals surface area contributed by atoms with Crippen LogP contribution in [0.15, 0.2) is 38.3 Å². The Balaban J connectivity index is 2.08. The van der Waals surface area contributed by atoms with Crippen LogP contribution in [0.4, 0.5) is 4.39 Å². The van der Waals surface area contributed by atoms with E-state index in [0.717, 1.165) is 4.47 Å². The molecule has 0 saturated heterocycles. The summed E-state index contributed by atoms with van der Waals surface area (Å²) in [4.78, 5) is 11.8. The highest BCUT2D eigenvalue weighted by molar-refractivity contribution is 9.10. The largest absolute Gasteiger partial charge is 0.466 e. The number of hydrogen-bond acceptors (Lipinski definition) is 3. The van der Waals surface area contributed by atoms with Crippen LogP contribution < -0.4 is 5.43 Å². The minimum absolute atomic E-state index is 0.278. The van der Waals surface area contributed by atoms with E-state index in [1.165, 1.54) is 12.3 Å². The minimum Gasteiger partial charge on any atom is -0.466 e. The molecule has 0 aliphatic heterocycles. The van der Waals surface area contributed by atoms with Crippen molar-refractivity contribution in [2.24, 2.45) is 5.10 Å². The topological polar surface area (TPSA) is 54.6 Å². The molecule has 104 valence electrons. The van der Waals surface area contributed by atoms with Gasteiger partial charge in [0.1, 0.15) is 17.3 Å². The molecule has 0 fully saturated rings. The lowest BCUT2D eigenvalue weighted by atomic mass is 10.2. The zero-order chi connectivity index (χ0) is 14.7. The highest BCUT2D eigenvalue weighted by Crippen LogP contribution is 2.14. The van der Waals surface area contributed by atoms with E-state index in [2.05, 4.69) is 26.5 Å². The van der Waals surface area contributed by atoms with Crippen LogP contribution in [0, 0.1) is 19.7 Å². The fourth-order valence-corrected chi connectivity index (χ4v) is 2.07. The smallest absolute Gasteiger partial charge is 0.274 e. The van der Waals surface area contributed by atoms with Crippen LogP contribution in [0.2, 0.25) is 0 Å². The van der Waals surface area contributed by atoms with Gasteiger partial charge in [-0.2, -0.15) is 5.10 Å². The van der Waals surface area contributed by atoms with Crippen LogP contribution in [0.1, 0.15) is 27.4 Å². The highest BCUT2D eigenvalue weighted by atomic mass is 79.9. The third kappa shape index (κ3) is 3.33. The average molecular weight is 339 g/mol. The molecule has 0 aliphatic rings. The summed E-state index contributed by atoms with van der Waals surface area (Å²) in [6.07, 6.45) is 1.25. The van der Waals surface area contributed by atoms with Gasteiger partial charge in [0.15, 0.2) is 0 Å². The van der Waals surface area contributed by atoms with Crippen LogP contribution in [0.5, 0.6) is 0 Å². The highest BCUT2D eigenvalue weighted by Gasteiger charge is 2.12. The van der Waals surface area contributed by atoms with Crippen molar-refractivity contribution in [1.82, 2.24) is 5.43 Å². The van der Waals surface area contributed by atoms with E-state index in [9.17, 15) is 9.18 Å². The summed E-state index contributed by atoms with van der Waals surface area (Å²) >= 11 is 3.24. The molecular formula is C14H12BrFN2O2. The number of carbonyl (C=O) groups is 1. The fraction of sp³-hybridized carbons (Fsp3) is 0.143. The third-order valence-corrected chi connectivity index (χ3v) is 3.11. The van der Waals surface area contributed by atoms with Gasteiger partial charge in [0.05, 0.1) is 11.8 Å². The number of amides is 1. The van der Waals surface area contributed by atoms with Gasteiger partial charge < -0.3 is 4.42 Å². The molecule has 0 bridgehead atoms. The molecule has 0 radical (unpaired) electrons. The summed E-state index contributed by atoms with van der Waals surface area (Å²) in [5, 5.41) is 3.74. The molecule has 0 unspecified atom stereocenters. The number of rotatable bonds is 3. The second kappa shape index (κ2) is 6.00. The third-order valence-electron chi connectivity index (χ3n) is 2.61. The maximum Gasteiger partial charge on any atom is 0.274 e. The van der Waals surface area contributed by atoms with Gasteiger partial charge in [0, 0.05) is 10.0 Å². The number of hydrogen-bond donors (Lipinski definition) is 1. The number of furan rings is 1. The standard InChI is InChI=1S/C14H12BrFN2O2/c1-8-5-12(9(2)20-8)14(19)18-17-7-10-6-11(15)3-4-13(10)16/h3-7H,1-2H3,(H,18,19)/b17-7+. The Morgan fingerprint density at radius 1 is 1.40 bits per heavy atom. The maximum absolute atomic E-state index is 13.4. The minimum atomic E-state index is -0.415. The van der Waals surface area contributed by atoms with Crippen molar-refractivity contribution in [2.75, 3.05) is 0 Å². The molecule has 2 aromatic rings. The van der Waals surface area contributed by atoms with E-state index in [0.29, 0.717) is 17.1 Å². The maximum atomic E-state index is 13.4. The monoisotopic (exact) mass is 338 g/mol. The second-order valence-electron chi connectivity index (χ2n) is 4.19. The summed E-state index contributed by atoms with van der Waals surface area (Å²) in [5.41, 5.74) is 3.03. The van der Waals surface area contributed by atoms with Crippen LogP contribution >= 0.6 is 15.9 Å². The fourth-order valence-electron chi connectivity index (χ4n) is 1.69. The van der Waals surface area contributed by atoms with Gasteiger partial charge in [0.2, 0.25) is 0 Å². The number of benzene rings is 1. The molecule has 1 heterocycles. The second-order valence-corrected chi connectivity index (χ2v) is 5.11. The van der Waals surface area contributed by atoms with Gasteiger partial charge >= 0.3 is 0 Å². The Bertz CT molecular complexity index is 680. The normalized spacial score (nSPS) is 11.0. The summed E-state index contributed by atoms with van der Waals surface area (Å²) in [6, 6.07) is 6.10. The first-order valence-electron chi connectivity index (χ1n) is 5.83. The average Bonchev–Trinajstić information content (AvgIpc) is 2.72. The van der Waals surface area contributed by atoms with Gasteiger partial charge in [-0.15, -0.1) is 0 Å². The van der Waals surface area contributed by atoms with Gasteiger partial charge in [-0.05, 0) is 38.1 Å². The predicted octanol–water partition coefficient (Wildman–Crippen LogP) is 3.56. The molecule has 0 aliphatic carbocycles. The Morgan fingerprint density at radius 2 is 2.15 bits per heavy atom. The summed E-state index contributed by atoms with van der Waals surface area (Å²) < 4.78 is 19.4. The summed E-state index contributed by atoms with van der Waals surface area (Å²) in [6.45, 7) is 3.45.